The smallest absolute Gasteiger partial charge is 0.334 e. The molecule has 36 heavy (non-hydrogen) atoms. The standard InChI is InChI=1S/C26H29NO9/c1-15(28)34-23-22(30)21-13-27-14-26(32,36-21)24(23)35-25(31)18(10-16-6-4-3-5-7-16)11-17-8-9-19(29)20(12-17)33-2/h3-9,11-12,21-24,27,29-30,32H,10,13-14H2,1-2H3. The van der Waals surface area contributed by atoms with Crippen molar-refractivity contribution in [3.63, 3.8) is 0 Å². The van der Waals surface area contributed by atoms with Gasteiger partial charge in [-0.2, -0.15) is 0 Å². The highest BCUT2D eigenvalue weighted by molar-refractivity contribution is 5.94. The summed E-state index contributed by atoms with van der Waals surface area (Å²) in [6.07, 6.45) is -3.26. The highest BCUT2D eigenvalue weighted by atomic mass is 16.7. The van der Waals surface area contributed by atoms with Crippen molar-refractivity contribution >= 4 is 18.0 Å². The molecule has 2 fully saturated rings. The number of fused-ring (bicyclic) bond motifs is 2. The van der Waals surface area contributed by atoms with Crippen molar-refractivity contribution in [1.29, 1.82) is 0 Å². The van der Waals surface area contributed by atoms with Gasteiger partial charge in [-0.05, 0) is 29.3 Å². The topological polar surface area (TPSA) is 144 Å². The van der Waals surface area contributed by atoms with Crippen LogP contribution in [0, 0.1) is 0 Å². The summed E-state index contributed by atoms with van der Waals surface area (Å²) in [6.45, 7) is 1.29. The molecule has 2 bridgehead atoms. The van der Waals surface area contributed by atoms with Gasteiger partial charge in [0, 0.05) is 25.5 Å². The zero-order chi connectivity index (χ0) is 25.9. The molecular weight excluding hydrogens is 470 g/mol. The van der Waals surface area contributed by atoms with E-state index in [1.54, 1.807) is 18.2 Å². The minimum absolute atomic E-state index is 0.0547. The van der Waals surface area contributed by atoms with Gasteiger partial charge in [-0.25, -0.2) is 4.79 Å². The first kappa shape index (κ1) is 25.6. The number of methoxy groups -OCH3 is 1. The second-order valence-corrected chi connectivity index (χ2v) is 8.79. The van der Waals surface area contributed by atoms with E-state index >= 15 is 0 Å². The van der Waals surface area contributed by atoms with Gasteiger partial charge < -0.3 is 39.6 Å². The first-order chi connectivity index (χ1) is 17.2. The molecule has 0 aromatic heterocycles. The van der Waals surface area contributed by atoms with Crippen molar-refractivity contribution in [1.82, 2.24) is 5.32 Å². The number of aliphatic hydroxyl groups excluding tert-OH is 1. The number of nitrogens with one attached hydrogen (secondary N) is 1. The number of carbonyl (C=O) groups is 2. The van der Waals surface area contributed by atoms with E-state index < -0.39 is 42.1 Å². The third kappa shape index (κ3) is 5.52. The summed E-state index contributed by atoms with van der Waals surface area (Å²) in [4.78, 5) is 25.3. The Morgan fingerprint density at radius 1 is 1.19 bits per heavy atom. The van der Waals surface area contributed by atoms with E-state index in [2.05, 4.69) is 5.32 Å². The summed E-state index contributed by atoms with van der Waals surface area (Å²) in [5.74, 6) is -3.35. The zero-order valence-electron chi connectivity index (χ0n) is 19.9. The summed E-state index contributed by atoms with van der Waals surface area (Å²) in [5, 5.41) is 34.7. The fourth-order valence-corrected chi connectivity index (χ4v) is 4.40. The molecule has 2 saturated heterocycles. The molecule has 10 heteroatoms. The van der Waals surface area contributed by atoms with Crippen molar-refractivity contribution in [3.05, 3.63) is 65.2 Å². The minimum atomic E-state index is -2.02. The van der Waals surface area contributed by atoms with Gasteiger partial charge in [-0.15, -0.1) is 0 Å². The molecule has 2 aromatic rings. The van der Waals surface area contributed by atoms with E-state index in [1.807, 2.05) is 30.3 Å². The number of ether oxygens (including phenoxy) is 4. The van der Waals surface area contributed by atoms with Gasteiger partial charge >= 0.3 is 11.9 Å². The van der Waals surface area contributed by atoms with Gasteiger partial charge in [0.05, 0.1) is 13.7 Å². The largest absolute Gasteiger partial charge is 0.504 e. The van der Waals surface area contributed by atoms with Crippen LogP contribution in [0.4, 0.5) is 0 Å². The quantitative estimate of drug-likeness (QED) is 0.321. The van der Waals surface area contributed by atoms with E-state index in [9.17, 15) is 24.9 Å². The number of rotatable bonds is 7. The molecule has 192 valence electrons. The Hall–Kier alpha value is -3.44. The summed E-state index contributed by atoms with van der Waals surface area (Å²) >= 11 is 0. The van der Waals surface area contributed by atoms with Crippen LogP contribution in [-0.2, 0) is 30.2 Å². The molecule has 10 nitrogen and oxygen atoms in total. The average molecular weight is 500 g/mol. The number of hydrogen-bond donors (Lipinski definition) is 4. The third-order valence-electron chi connectivity index (χ3n) is 6.12. The maximum atomic E-state index is 13.5. The Bertz CT molecular complexity index is 1140. The molecule has 5 atom stereocenters. The van der Waals surface area contributed by atoms with Crippen LogP contribution >= 0.6 is 0 Å². The number of phenolic OH excluding ortho intramolecular Hbond substituents is 1. The summed E-state index contributed by atoms with van der Waals surface area (Å²) in [5.41, 5.74) is 1.59. The molecule has 4 rings (SSSR count). The van der Waals surface area contributed by atoms with Crippen molar-refractivity contribution in [2.75, 3.05) is 20.2 Å². The van der Waals surface area contributed by atoms with Gasteiger partial charge in [0.1, 0.15) is 12.2 Å². The first-order valence-corrected chi connectivity index (χ1v) is 11.5. The van der Waals surface area contributed by atoms with Gasteiger partial charge in [0.2, 0.25) is 5.79 Å². The van der Waals surface area contributed by atoms with Crippen molar-refractivity contribution in [3.8, 4) is 11.5 Å². The fraction of sp³-hybridized carbons (Fsp3) is 0.385. The van der Waals surface area contributed by atoms with Crippen LogP contribution < -0.4 is 10.1 Å². The lowest BCUT2D eigenvalue weighted by Gasteiger charge is -2.51. The van der Waals surface area contributed by atoms with E-state index in [0.717, 1.165) is 12.5 Å². The molecule has 2 aliphatic rings. The monoisotopic (exact) mass is 499 g/mol. The molecule has 0 saturated carbocycles. The number of β-amino-alcohol motifs (C(OH)–C–C–N with tert-alkyl or cyclic N) is 1. The predicted molar refractivity (Wildman–Crippen MR) is 127 cm³/mol. The lowest BCUT2D eigenvalue weighted by Crippen LogP contribution is -2.73. The molecule has 0 aliphatic carbocycles. The fourth-order valence-electron chi connectivity index (χ4n) is 4.40. The van der Waals surface area contributed by atoms with E-state index in [0.29, 0.717) is 5.56 Å². The maximum absolute atomic E-state index is 13.5. The van der Waals surface area contributed by atoms with Crippen LogP contribution in [0.25, 0.3) is 6.08 Å². The highest BCUT2D eigenvalue weighted by Gasteiger charge is 2.59. The SMILES string of the molecule is COc1cc(C=C(Cc2ccccc2)C(=O)OC2C(OC(C)=O)C(O)C3CNCC2(O)O3)ccc1O. The predicted octanol–water partition coefficient (Wildman–Crippen LogP) is 0.922. The van der Waals surface area contributed by atoms with Gasteiger partial charge in [0.15, 0.2) is 23.7 Å². The minimum Gasteiger partial charge on any atom is -0.504 e. The number of carbonyl (C=O) groups excluding carboxylic acids is 2. The lowest BCUT2D eigenvalue weighted by atomic mass is 9.89. The molecule has 0 radical (unpaired) electrons. The van der Waals surface area contributed by atoms with Crippen molar-refractivity contribution < 1.29 is 43.9 Å². The summed E-state index contributed by atoms with van der Waals surface area (Å²) in [7, 11) is 1.41. The van der Waals surface area contributed by atoms with Crippen LogP contribution in [-0.4, -0.2) is 77.7 Å². The maximum Gasteiger partial charge on any atom is 0.334 e. The number of aromatic hydroxyl groups is 1. The summed E-state index contributed by atoms with van der Waals surface area (Å²) < 4.78 is 21.8. The normalized spacial score (nSPS) is 27.7. The number of aliphatic hydroxyl groups is 2. The highest BCUT2D eigenvalue weighted by Crippen LogP contribution is 2.35. The molecular formula is C26H29NO9. The Kier molecular flexibility index (Phi) is 7.60. The van der Waals surface area contributed by atoms with Gasteiger partial charge in [-0.1, -0.05) is 36.4 Å². The van der Waals surface area contributed by atoms with Gasteiger partial charge in [-0.3, -0.25) is 4.79 Å². The van der Waals surface area contributed by atoms with Crippen LogP contribution in [0.1, 0.15) is 18.1 Å². The molecule has 4 N–H and O–H groups in total. The molecule has 2 aromatic carbocycles. The van der Waals surface area contributed by atoms with Crippen LogP contribution in [0.5, 0.6) is 11.5 Å². The van der Waals surface area contributed by atoms with Gasteiger partial charge in [0.25, 0.3) is 0 Å². The van der Waals surface area contributed by atoms with Crippen molar-refractivity contribution in [2.45, 2.75) is 43.5 Å². The first-order valence-electron chi connectivity index (χ1n) is 11.5. The zero-order valence-corrected chi connectivity index (χ0v) is 19.9. The second kappa shape index (κ2) is 10.7. The van der Waals surface area contributed by atoms with Crippen LogP contribution in [0.2, 0.25) is 0 Å². The molecule has 0 amide bonds. The Balaban J connectivity index is 1.68. The number of hydrogen-bond acceptors (Lipinski definition) is 10. The molecule has 2 aliphatic heterocycles. The number of benzene rings is 2. The molecule has 5 unspecified atom stereocenters. The second-order valence-electron chi connectivity index (χ2n) is 8.79. The Morgan fingerprint density at radius 2 is 1.94 bits per heavy atom. The molecule has 2 heterocycles. The van der Waals surface area contributed by atoms with Crippen LogP contribution in [0.3, 0.4) is 0 Å². The average Bonchev–Trinajstić information content (AvgIpc) is 2.86. The lowest BCUT2D eigenvalue weighted by molar-refractivity contribution is -0.355. The van der Waals surface area contributed by atoms with Crippen molar-refractivity contribution in [2.24, 2.45) is 0 Å². The number of morpholine rings is 1. The Morgan fingerprint density at radius 3 is 2.64 bits per heavy atom. The van der Waals surface area contributed by atoms with E-state index in [1.165, 1.54) is 13.2 Å². The summed E-state index contributed by atoms with van der Waals surface area (Å²) in [6, 6.07) is 13.8. The third-order valence-corrected chi connectivity index (χ3v) is 6.12. The number of phenols is 1. The van der Waals surface area contributed by atoms with E-state index in [4.69, 9.17) is 18.9 Å². The van der Waals surface area contributed by atoms with E-state index in [-0.39, 0.29) is 36.6 Å². The van der Waals surface area contributed by atoms with Crippen LogP contribution in [0.15, 0.2) is 54.1 Å². The molecule has 0 spiro atoms. The Labute approximate surface area is 208 Å². The number of esters is 2.